The second-order valence-corrected chi connectivity index (χ2v) is 10.6. The van der Waals surface area contributed by atoms with Gasteiger partial charge in [-0.15, -0.1) is 0 Å². The van der Waals surface area contributed by atoms with Crippen LogP contribution in [-0.2, 0) is 20.2 Å². The topological polar surface area (TPSA) is 207 Å². The van der Waals surface area contributed by atoms with Gasteiger partial charge in [-0.2, -0.15) is 16.8 Å². The fourth-order valence-corrected chi connectivity index (χ4v) is 6.05. The summed E-state index contributed by atoms with van der Waals surface area (Å²) in [7, 11) is -8.60. The Morgan fingerprint density at radius 1 is 0.743 bits per heavy atom. The lowest BCUT2D eigenvalue weighted by atomic mass is 9.78. The van der Waals surface area contributed by atoms with Crippen molar-refractivity contribution in [3.8, 4) is 11.1 Å². The number of nitrogens with one attached hydrogen (secondary N) is 1. The summed E-state index contributed by atoms with van der Waals surface area (Å²) in [5, 5.41) is 2.79. The molecule has 0 aliphatic heterocycles. The SMILES string of the molecule is CNc1cc(C)c(S(=O)(=O)O)c(-c2c(N)c(S(=O)(=O)O)c(N)c3c2C(=O)c2ccccc2C3=O)c1. The summed E-state index contributed by atoms with van der Waals surface area (Å²) in [4.78, 5) is 25.3. The Labute approximate surface area is 200 Å². The number of carbonyl (C=O) groups is 2. The predicted octanol–water partition coefficient (Wildman–Crippen LogP) is 2.14. The summed E-state index contributed by atoms with van der Waals surface area (Å²) in [6, 6.07) is 8.30. The summed E-state index contributed by atoms with van der Waals surface area (Å²) >= 11 is 0. The molecule has 4 rings (SSSR count). The molecule has 3 aromatic carbocycles. The van der Waals surface area contributed by atoms with E-state index in [-0.39, 0.29) is 22.3 Å². The fraction of sp³-hybridized carbons (Fsp3) is 0.0909. The van der Waals surface area contributed by atoms with Gasteiger partial charge in [-0.25, -0.2) is 0 Å². The van der Waals surface area contributed by atoms with Crippen LogP contribution in [0.25, 0.3) is 11.1 Å². The molecule has 11 nitrogen and oxygen atoms in total. The molecule has 13 heteroatoms. The Morgan fingerprint density at radius 2 is 1.23 bits per heavy atom. The van der Waals surface area contributed by atoms with Crippen molar-refractivity contribution in [2.45, 2.75) is 16.7 Å². The number of hydrogen-bond acceptors (Lipinski definition) is 9. The number of nitrogens with two attached hydrogens (primary N) is 2. The van der Waals surface area contributed by atoms with E-state index in [2.05, 4.69) is 5.32 Å². The van der Waals surface area contributed by atoms with E-state index in [0.29, 0.717) is 5.69 Å². The fourth-order valence-electron chi connectivity index (χ4n) is 4.38. The smallest absolute Gasteiger partial charge is 0.298 e. The molecule has 1 aliphatic carbocycles. The van der Waals surface area contributed by atoms with Gasteiger partial charge in [0.2, 0.25) is 0 Å². The third-order valence-corrected chi connectivity index (χ3v) is 7.76. The highest BCUT2D eigenvalue weighted by Gasteiger charge is 2.40. The largest absolute Gasteiger partial charge is 0.397 e. The highest BCUT2D eigenvalue weighted by molar-refractivity contribution is 7.86. The number of anilines is 3. The molecule has 0 radical (unpaired) electrons. The van der Waals surface area contributed by atoms with Gasteiger partial charge in [0.15, 0.2) is 11.6 Å². The molecule has 35 heavy (non-hydrogen) atoms. The van der Waals surface area contributed by atoms with Gasteiger partial charge in [0.25, 0.3) is 20.2 Å². The van der Waals surface area contributed by atoms with E-state index >= 15 is 0 Å². The molecule has 0 saturated carbocycles. The lowest BCUT2D eigenvalue weighted by Gasteiger charge is -2.26. The molecule has 0 saturated heterocycles. The standard InChI is InChI=1S/C22H19N3O8S2/c1-9-7-10(25-2)8-13(21(9)34(28,29)30)14-15-16(18(24)22(17(14)23)35(31,32)33)20(27)12-6-4-3-5-11(12)19(15)26/h3-8,25H,23-24H2,1-2H3,(H,28,29,30)(H,31,32,33). The van der Waals surface area contributed by atoms with Crippen LogP contribution in [0, 0.1) is 6.92 Å². The van der Waals surface area contributed by atoms with Crippen LogP contribution in [0.2, 0.25) is 0 Å². The van der Waals surface area contributed by atoms with Crippen LogP contribution in [0.15, 0.2) is 46.2 Å². The number of benzene rings is 3. The zero-order chi connectivity index (χ0) is 26.0. The van der Waals surface area contributed by atoms with Crippen molar-refractivity contribution in [1.29, 1.82) is 0 Å². The Bertz CT molecular complexity index is 1690. The maximum Gasteiger partial charge on any atom is 0.298 e. The Kier molecular flexibility index (Phi) is 5.48. The number of carbonyl (C=O) groups excluding carboxylic acids is 2. The molecule has 3 aromatic rings. The molecule has 7 N–H and O–H groups in total. The van der Waals surface area contributed by atoms with Crippen LogP contribution >= 0.6 is 0 Å². The summed E-state index contributed by atoms with van der Waals surface area (Å²) < 4.78 is 69.2. The van der Waals surface area contributed by atoms with Gasteiger partial charge in [0.1, 0.15) is 9.79 Å². The van der Waals surface area contributed by atoms with E-state index in [4.69, 9.17) is 11.5 Å². The van der Waals surface area contributed by atoms with Crippen molar-refractivity contribution in [1.82, 2.24) is 0 Å². The van der Waals surface area contributed by atoms with E-state index in [0.717, 1.165) is 0 Å². The molecule has 0 fully saturated rings. The molecule has 0 heterocycles. The number of hydrogen-bond donors (Lipinski definition) is 5. The van der Waals surface area contributed by atoms with Gasteiger partial charge in [0, 0.05) is 40.6 Å². The van der Waals surface area contributed by atoms with E-state index < -0.39 is 69.7 Å². The lowest BCUT2D eigenvalue weighted by molar-refractivity contribution is 0.0980. The van der Waals surface area contributed by atoms with Crippen molar-refractivity contribution in [2.24, 2.45) is 0 Å². The van der Waals surface area contributed by atoms with Crippen molar-refractivity contribution < 1.29 is 35.5 Å². The quantitative estimate of drug-likeness (QED) is 0.196. The van der Waals surface area contributed by atoms with E-state index in [1.165, 1.54) is 50.4 Å². The summed E-state index contributed by atoms with van der Waals surface area (Å²) in [5.41, 5.74) is 8.98. The van der Waals surface area contributed by atoms with Crippen LogP contribution in [0.4, 0.5) is 17.1 Å². The zero-order valence-corrected chi connectivity index (χ0v) is 19.9. The van der Waals surface area contributed by atoms with Gasteiger partial charge in [-0.1, -0.05) is 24.3 Å². The van der Waals surface area contributed by atoms with Crippen LogP contribution < -0.4 is 16.8 Å². The first-order valence-electron chi connectivity index (χ1n) is 9.91. The normalized spacial score (nSPS) is 13.4. The number of rotatable bonds is 4. The second kappa shape index (κ2) is 7.88. The molecular weight excluding hydrogens is 498 g/mol. The number of aryl methyl sites for hydroxylation is 1. The lowest BCUT2D eigenvalue weighted by Crippen LogP contribution is -2.26. The Balaban J connectivity index is 2.33. The van der Waals surface area contributed by atoms with Crippen molar-refractivity contribution in [3.05, 3.63) is 64.2 Å². The van der Waals surface area contributed by atoms with E-state index in [1.807, 2.05) is 0 Å². The first-order chi connectivity index (χ1) is 16.2. The van der Waals surface area contributed by atoms with Gasteiger partial charge < -0.3 is 16.8 Å². The van der Waals surface area contributed by atoms with Gasteiger partial charge in [-0.05, 0) is 24.6 Å². The van der Waals surface area contributed by atoms with Gasteiger partial charge in [-0.3, -0.25) is 18.7 Å². The maximum atomic E-state index is 13.6. The van der Waals surface area contributed by atoms with E-state index in [1.54, 1.807) is 0 Å². The molecular formula is C22H19N3O8S2. The summed E-state index contributed by atoms with van der Waals surface area (Å²) in [5.74, 6) is -1.60. The number of fused-ring (bicyclic) bond motifs is 2. The maximum absolute atomic E-state index is 13.6. The van der Waals surface area contributed by atoms with Crippen molar-refractivity contribution in [2.75, 3.05) is 23.8 Å². The third-order valence-electron chi connectivity index (χ3n) is 5.75. The average molecular weight is 518 g/mol. The minimum absolute atomic E-state index is 0.0303. The monoisotopic (exact) mass is 517 g/mol. The molecule has 1 aliphatic rings. The summed E-state index contributed by atoms with van der Waals surface area (Å²) in [6.45, 7) is 1.36. The van der Waals surface area contributed by atoms with Crippen LogP contribution in [-0.4, -0.2) is 44.6 Å². The van der Waals surface area contributed by atoms with Crippen LogP contribution in [0.3, 0.4) is 0 Å². The minimum atomic E-state index is -5.16. The zero-order valence-electron chi connectivity index (χ0n) is 18.3. The average Bonchev–Trinajstić information content (AvgIpc) is 2.74. The van der Waals surface area contributed by atoms with E-state index in [9.17, 15) is 35.5 Å². The molecule has 0 bridgehead atoms. The number of nitrogen functional groups attached to an aromatic ring is 2. The highest BCUT2D eigenvalue weighted by Crippen LogP contribution is 2.47. The van der Waals surface area contributed by atoms with Gasteiger partial charge in [0.05, 0.1) is 16.9 Å². The van der Waals surface area contributed by atoms with Gasteiger partial charge >= 0.3 is 0 Å². The second-order valence-electron chi connectivity index (χ2n) is 7.86. The molecule has 182 valence electrons. The van der Waals surface area contributed by atoms with Crippen molar-refractivity contribution >= 4 is 48.9 Å². The predicted molar refractivity (Wildman–Crippen MR) is 128 cm³/mol. The van der Waals surface area contributed by atoms with Crippen LogP contribution in [0.1, 0.15) is 37.4 Å². The van der Waals surface area contributed by atoms with Crippen LogP contribution in [0.5, 0.6) is 0 Å². The first-order valence-corrected chi connectivity index (χ1v) is 12.8. The third kappa shape index (κ3) is 3.65. The molecule has 0 amide bonds. The Hall–Kier alpha value is -3.78. The number of ketones is 2. The van der Waals surface area contributed by atoms with Crippen molar-refractivity contribution in [3.63, 3.8) is 0 Å². The molecule has 0 spiro atoms. The first kappa shape index (κ1) is 24.3. The molecule has 0 unspecified atom stereocenters. The molecule has 0 atom stereocenters. The Morgan fingerprint density at radius 3 is 1.71 bits per heavy atom. The molecule has 0 aromatic heterocycles. The minimum Gasteiger partial charge on any atom is -0.397 e. The summed E-state index contributed by atoms with van der Waals surface area (Å²) in [6.07, 6.45) is 0. The highest BCUT2D eigenvalue weighted by atomic mass is 32.2.